The van der Waals surface area contributed by atoms with Crippen LogP contribution in [0.5, 0.6) is 0 Å². The summed E-state index contributed by atoms with van der Waals surface area (Å²) in [4.78, 5) is 4.59. The molecule has 2 atom stereocenters. The molecule has 2 aliphatic rings. The summed E-state index contributed by atoms with van der Waals surface area (Å²) in [5.74, 6) is 0.733. The van der Waals surface area contributed by atoms with Gasteiger partial charge in [-0.2, -0.15) is 0 Å². The number of benzene rings is 1. The summed E-state index contributed by atoms with van der Waals surface area (Å²) in [6.07, 6.45) is 3.44. The van der Waals surface area contributed by atoms with Gasteiger partial charge in [-0.05, 0) is 31.4 Å². The molecule has 4 nitrogen and oxygen atoms in total. The third kappa shape index (κ3) is 1.84. The van der Waals surface area contributed by atoms with Crippen molar-refractivity contribution < 1.29 is 9.13 Å². The van der Waals surface area contributed by atoms with E-state index in [0.717, 1.165) is 37.1 Å². The minimum atomic E-state index is -0.232. The van der Waals surface area contributed by atoms with Crippen LogP contribution in [-0.2, 0) is 4.74 Å². The normalized spacial score (nSPS) is 26.5. The van der Waals surface area contributed by atoms with Crippen LogP contribution in [0.3, 0.4) is 0 Å². The molecule has 2 fully saturated rings. The largest absolute Gasteiger partial charge is 0.380 e. The molecule has 1 saturated heterocycles. The van der Waals surface area contributed by atoms with Gasteiger partial charge in [0.15, 0.2) is 5.82 Å². The highest BCUT2D eigenvalue weighted by Gasteiger charge is 2.34. The van der Waals surface area contributed by atoms with Crippen molar-refractivity contribution in [2.45, 2.75) is 37.5 Å². The van der Waals surface area contributed by atoms with E-state index < -0.39 is 0 Å². The van der Waals surface area contributed by atoms with Crippen molar-refractivity contribution in [2.24, 2.45) is 0 Å². The van der Waals surface area contributed by atoms with Crippen molar-refractivity contribution in [1.82, 2.24) is 14.9 Å². The van der Waals surface area contributed by atoms with E-state index in [0.29, 0.717) is 11.6 Å². The van der Waals surface area contributed by atoms with E-state index in [-0.39, 0.29) is 18.0 Å². The monoisotopic (exact) mass is 275 g/mol. The van der Waals surface area contributed by atoms with Crippen LogP contribution >= 0.6 is 0 Å². The fourth-order valence-corrected chi connectivity index (χ4v) is 3.14. The lowest BCUT2D eigenvalue weighted by Crippen LogP contribution is -2.18. The topological polar surface area (TPSA) is 39.1 Å². The average Bonchev–Trinajstić information content (AvgIpc) is 3.04. The van der Waals surface area contributed by atoms with E-state index >= 15 is 0 Å². The Labute approximate surface area is 116 Å². The maximum Gasteiger partial charge on any atom is 0.151 e. The molecule has 106 valence electrons. The average molecular weight is 275 g/mol. The SMILES string of the molecule is COC1CNC(c2nc3c(F)cccc3n2C2CC2)C1. The number of rotatable bonds is 3. The molecule has 0 spiro atoms. The first kappa shape index (κ1) is 12.3. The lowest BCUT2D eigenvalue weighted by molar-refractivity contribution is 0.117. The van der Waals surface area contributed by atoms with Crippen molar-refractivity contribution in [3.63, 3.8) is 0 Å². The highest BCUT2D eigenvalue weighted by Crippen LogP contribution is 2.41. The van der Waals surface area contributed by atoms with Crippen LogP contribution in [0.1, 0.15) is 37.2 Å². The molecule has 1 aromatic heterocycles. The summed E-state index contributed by atoms with van der Waals surface area (Å²) >= 11 is 0. The molecular formula is C15H18FN3O. The molecule has 1 aliphatic heterocycles. The number of hydrogen-bond donors (Lipinski definition) is 1. The number of fused-ring (bicyclic) bond motifs is 1. The molecule has 1 aliphatic carbocycles. The van der Waals surface area contributed by atoms with Gasteiger partial charge in [-0.3, -0.25) is 0 Å². The fraction of sp³-hybridized carbons (Fsp3) is 0.533. The molecule has 0 amide bonds. The Morgan fingerprint density at radius 3 is 2.95 bits per heavy atom. The zero-order valence-electron chi connectivity index (χ0n) is 11.5. The molecule has 1 aromatic carbocycles. The molecule has 2 unspecified atom stereocenters. The van der Waals surface area contributed by atoms with E-state index in [1.54, 1.807) is 13.2 Å². The second-order valence-electron chi connectivity index (χ2n) is 5.73. The molecule has 1 saturated carbocycles. The predicted octanol–water partition coefficient (Wildman–Crippen LogP) is 2.56. The first-order valence-corrected chi connectivity index (χ1v) is 7.20. The Bertz CT molecular complexity index is 650. The lowest BCUT2D eigenvalue weighted by Gasteiger charge is -2.13. The van der Waals surface area contributed by atoms with Crippen molar-refractivity contribution in [2.75, 3.05) is 13.7 Å². The van der Waals surface area contributed by atoms with Crippen molar-refractivity contribution in [3.8, 4) is 0 Å². The van der Waals surface area contributed by atoms with Gasteiger partial charge in [-0.1, -0.05) is 6.07 Å². The maximum absolute atomic E-state index is 14.0. The number of hydrogen-bond acceptors (Lipinski definition) is 3. The van der Waals surface area contributed by atoms with Gasteiger partial charge >= 0.3 is 0 Å². The molecule has 20 heavy (non-hydrogen) atoms. The van der Waals surface area contributed by atoms with Crippen molar-refractivity contribution >= 4 is 11.0 Å². The van der Waals surface area contributed by atoms with Crippen LogP contribution in [0.15, 0.2) is 18.2 Å². The standard InChI is InChI=1S/C15H18FN3O/c1-20-10-7-12(17-8-10)15-18-14-11(16)3-2-4-13(14)19(15)9-5-6-9/h2-4,9-10,12,17H,5-8H2,1H3. The number of halogens is 1. The smallest absolute Gasteiger partial charge is 0.151 e. The number of nitrogens with zero attached hydrogens (tertiary/aromatic N) is 2. The minimum absolute atomic E-state index is 0.160. The Morgan fingerprint density at radius 1 is 1.40 bits per heavy atom. The summed E-state index contributed by atoms with van der Waals surface area (Å²) in [5.41, 5.74) is 1.42. The number of nitrogens with one attached hydrogen (secondary N) is 1. The van der Waals surface area contributed by atoms with Gasteiger partial charge in [-0.15, -0.1) is 0 Å². The fourth-order valence-electron chi connectivity index (χ4n) is 3.14. The zero-order chi connectivity index (χ0) is 13.7. The van der Waals surface area contributed by atoms with Gasteiger partial charge in [0.2, 0.25) is 0 Å². The van der Waals surface area contributed by atoms with Crippen molar-refractivity contribution in [1.29, 1.82) is 0 Å². The number of para-hydroxylation sites is 1. The van der Waals surface area contributed by atoms with E-state index in [9.17, 15) is 4.39 Å². The van der Waals surface area contributed by atoms with Gasteiger partial charge in [0.1, 0.15) is 11.3 Å². The third-order valence-electron chi connectivity index (χ3n) is 4.35. The highest BCUT2D eigenvalue weighted by molar-refractivity contribution is 5.77. The summed E-state index contributed by atoms with van der Waals surface area (Å²) < 4.78 is 21.6. The molecule has 2 aromatic rings. The Hall–Kier alpha value is -1.46. The molecule has 5 heteroatoms. The van der Waals surface area contributed by atoms with Gasteiger partial charge in [0, 0.05) is 19.7 Å². The molecule has 0 radical (unpaired) electrons. The van der Waals surface area contributed by atoms with E-state index in [1.807, 2.05) is 6.07 Å². The second kappa shape index (κ2) is 4.53. The Morgan fingerprint density at radius 2 is 2.25 bits per heavy atom. The molecule has 1 N–H and O–H groups in total. The third-order valence-corrected chi connectivity index (χ3v) is 4.35. The molecule has 0 bridgehead atoms. The summed E-state index contributed by atoms with van der Waals surface area (Å²) in [5, 5.41) is 3.45. The van der Waals surface area contributed by atoms with Gasteiger partial charge in [0.25, 0.3) is 0 Å². The Balaban J connectivity index is 1.82. The van der Waals surface area contributed by atoms with Crippen LogP contribution in [0, 0.1) is 5.82 Å². The number of methoxy groups -OCH3 is 1. The number of imidazole rings is 1. The molecule has 4 rings (SSSR count). The number of aromatic nitrogens is 2. The van der Waals surface area contributed by atoms with Crippen molar-refractivity contribution in [3.05, 3.63) is 29.8 Å². The van der Waals surface area contributed by atoms with Gasteiger partial charge < -0.3 is 14.6 Å². The Kier molecular flexibility index (Phi) is 2.79. The first-order valence-electron chi connectivity index (χ1n) is 7.20. The van der Waals surface area contributed by atoms with Crippen LogP contribution in [0.2, 0.25) is 0 Å². The van der Waals surface area contributed by atoms with Crippen LogP contribution < -0.4 is 5.32 Å². The van der Waals surface area contributed by atoms with Crippen LogP contribution in [0.25, 0.3) is 11.0 Å². The van der Waals surface area contributed by atoms with Gasteiger partial charge in [-0.25, -0.2) is 9.37 Å². The van der Waals surface area contributed by atoms with Crippen LogP contribution in [0.4, 0.5) is 4.39 Å². The summed E-state index contributed by atoms with van der Waals surface area (Å²) in [6, 6.07) is 5.86. The second-order valence-corrected chi connectivity index (χ2v) is 5.73. The van der Waals surface area contributed by atoms with Gasteiger partial charge in [0.05, 0.1) is 17.7 Å². The first-order chi connectivity index (χ1) is 9.78. The summed E-state index contributed by atoms with van der Waals surface area (Å²) in [7, 11) is 1.73. The zero-order valence-corrected chi connectivity index (χ0v) is 11.5. The highest BCUT2D eigenvalue weighted by atomic mass is 19.1. The van der Waals surface area contributed by atoms with E-state index in [1.165, 1.54) is 6.07 Å². The minimum Gasteiger partial charge on any atom is -0.380 e. The van der Waals surface area contributed by atoms with E-state index in [4.69, 9.17) is 4.74 Å². The quantitative estimate of drug-likeness (QED) is 0.935. The predicted molar refractivity (Wildman–Crippen MR) is 74.1 cm³/mol. The maximum atomic E-state index is 14.0. The lowest BCUT2D eigenvalue weighted by atomic mass is 10.2. The summed E-state index contributed by atoms with van der Waals surface area (Å²) in [6.45, 7) is 0.831. The molecular weight excluding hydrogens is 257 g/mol. The van der Waals surface area contributed by atoms with Crippen LogP contribution in [-0.4, -0.2) is 29.3 Å². The van der Waals surface area contributed by atoms with E-state index in [2.05, 4.69) is 14.9 Å². The molecule has 2 heterocycles. The number of ether oxygens (including phenoxy) is 1.